The summed E-state index contributed by atoms with van der Waals surface area (Å²) >= 11 is 0. The van der Waals surface area contributed by atoms with Crippen LogP contribution in [0.15, 0.2) is 84.9 Å². The highest BCUT2D eigenvalue weighted by Gasteiger charge is 2.31. The molecule has 30 heavy (non-hydrogen) atoms. The van der Waals surface area contributed by atoms with Crippen LogP contribution in [-0.4, -0.2) is 48.2 Å². The lowest BCUT2D eigenvalue weighted by atomic mass is 9.94. The monoisotopic (exact) mass is 402 g/mol. The smallest absolute Gasteiger partial charge is 0.118 e. The first-order chi connectivity index (χ1) is 14.7. The number of hydrogen-bond donors (Lipinski definition) is 1. The SMILES string of the molecule is COc1ccc(CN2CCN([C@H](c3ccccc3)[C@H](O)c3ccccc3)CC2)cc1. The molecular weight excluding hydrogens is 372 g/mol. The first-order valence-corrected chi connectivity index (χ1v) is 10.6. The predicted molar refractivity (Wildman–Crippen MR) is 120 cm³/mol. The van der Waals surface area contributed by atoms with Crippen molar-refractivity contribution in [3.8, 4) is 5.75 Å². The van der Waals surface area contributed by atoms with E-state index >= 15 is 0 Å². The fourth-order valence-electron chi connectivity index (χ4n) is 4.26. The number of aliphatic hydroxyl groups is 1. The lowest BCUT2D eigenvalue weighted by molar-refractivity contribution is 0.0149. The molecule has 0 amide bonds. The molecular formula is C26H30N2O2. The van der Waals surface area contributed by atoms with E-state index in [0.29, 0.717) is 0 Å². The molecule has 0 saturated carbocycles. The normalized spacial score (nSPS) is 17.4. The second-order valence-electron chi connectivity index (χ2n) is 7.87. The van der Waals surface area contributed by atoms with Crippen molar-refractivity contribution in [1.82, 2.24) is 9.80 Å². The van der Waals surface area contributed by atoms with Crippen LogP contribution in [0.1, 0.15) is 28.8 Å². The Labute approximate surface area is 179 Å². The number of piperazine rings is 1. The minimum Gasteiger partial charge on any atom is -0.497 e. The summed E-state index contributed by atoms with van der Waals surface area (Å²) in [5.74, 6) is 0.893. The Morgan fingerprint density at radius 1 is 0.767 bits per heavy atom. The zero-order chi connectivity index (χ0) is 20.8. The van der Waals surface area contributed by atoms with Gasteiger partial charge in [0.15, 0.2) is 0 Å². The van der Waals surface area contributed by atoms with E-state index in [1.165, 1.54) is 5.56 Å². The third-order valence-electron chi connectivity index (χ3n) is 5.95. The molecule has 0 bridgehead atoms. The van der Waals surface area contributed by atoms with Gasteiger partial charge in [0, 0.05) is 32.7 Å². The largest absolute Gasteiger partial charge is 0.497 e. The Bertz CT molecular complexity index is 891. The number of benzene rings is 3. The number of ether oxygens (including phenoxy) is 1. The average molecular weight is 403 g/mol. The second-order valence-corrected chi connectivity index (χ2v) is 7.87. The molecule has 0 aromatic heterocycles. The van der Waals surface area contributed by atoms with Crippen molar-refractivity contribution in [3.63, 3.8) is 0 Å². The van der Waals surface area contributed by atoms with Crippen molar-refractivity contribution in [2.75, 3.05) is 33.3 Å². The highest BCUT2D eigenvalue weighted by molar-refractivity contribution is 5.28. The summed E-state index contributed by atoms with van der Waals surface area (Å²) in [5.41, 5.74) is 3.43. The van der Waals surface area contributed by atoms with Gasteiger partial charge in [-0.3, -0.25) is 9.80 Å². The standard InChI is InChI=1S/C26H30N2O2/c1-30-24-14-12-21(13-15-24)20-27-16-18-28(19-17-27)25(22-8-4-2-5-9-22)26(29)23-10-6-3-7-11-23/h2-15,25-26,29H,16-20H2,1H3/t25-,26-/m1/s1. The molecule has 1 N–H and O–H groups in total. The molecule has 1 aliphatic rings. The molecule has 0 aliphatic carbocycles. The van der Waals surface area contributed by atoms with Crippen LogP contribution >= 0.6 is 0 Å². The summed E-state index contributed by atoms with van der Waals surface area (Å²) in [6.07, 6.45) is -0.554. The van der Waals surface area contributed by atoms with Crippen LogP contribution in [0.2, 0.25) is 0 Å². The fraction of sp³-hybridized carbons (Fsp3) is 0.308. The molecule has 3 aromatic rings. The molecule has 2 atom stereocenters. The zero-order valence-corrected chi connectivity index (χ0v) is 17.5. The van der Waals surface area contributed by atoms with Gasteiger partial charge in [-0.15, -0.1) is 0 Å². The van der Waals surface area contributed by atoms with Crippen LogP contribution in [0.25, 0.3) is 0 Å². The number of nitrogens with zero attached hydrogens (tertiary/aromatic N) is 2. The zero-order valence-electron chi connectivity index (χ0n) is 17.5. The Kier molecular flexibility index (Phi) is 6.80. The lowest BCUT2D eigenvalue weighted by Gasteiger charge is -2.41. The first-order valence-electron chi connectivity index (χ1n) is 10.6. The van der Waals surface area contributed by atoms with E-state index in [4.69, 9.17) is 4.74 Å². The molecule has 3 aromatic carbocycles. The quantitative estimate of drug-likeness (QED) is 0.640. The molecule has 0 spiro atoms. The van der Waals surface area contributed by atoms with E-state index in [1.54, 1.807) is 7.11 Å². The topological polar surface area (TPSA) is 35.9 Å². The molecule has 156 valence electrons. The Hall–Kier alpha value is -2.66. The van der Waals surface area contributed by atoms with E-state index in [9.17, 15) is 5.11 Å². The van der Waals surface area contributed by atoms with Gasteiger partial charge < -0.3 is 9.84 Å². The summed E-state index contributed by atoms with van der Waals surface area (Å²) in [7, 11) is 1.70. The predicted octanol–water partition coefficient (Wildman–Crippen LogP) is 4.29. The maximum Gasteiger partial charge on any atom is 0.118 e. The average Bonchev–Trinajstić information content (AvgIpc) is 2.82. The molecule has 4 nitrogen and oxygen atoms in total. The molecule has 1 fully saturated rings. The van der Waals surface area contributed by atoms with Crippen LogP contribution in [0.4, 0.5) is 0 Å². The highest BCUT2D eigenvalue weighted by atomic mass is 16.5. The number of methoxy groups -OCH3 is 1. The number of rotatable bonds is 7. The van der Waals surface area contributed by atoms with E-state index in [0.717, 1.165) is 49.6 Å². The summed E-state index contributed by atoms with van der Waals surface area (Å²) in [5, 5.41) is 11.3. The van der Waals surface area contributed by atoms with Crippen LogP contribution in [0, 0.1) is 0 Å². The lowest BCUT2D eigenvalue weighted by Crippen LogP contribution is -2.48. The molecule has 1 saturated heterocycles. The van der Waals surface area contributed by atoms with Crippen molar-refractivity contribution >= 4 is 0 Å². The van der Waals surface area contributed by atoms with Gasteiger partial charge in [-0.2, -0.15) is 0 Å². The summed E-state index contributed by atoms with van der Waals surface area (Å²) < 4.78 is 5.26. The van der Waals surface area contributed by atoms with Crippen molar-refractivity contribution in [1.29, 1.82) is 0 Å². The van der Waals surface area contributed by atoms with E-state index in [1.807, 2.05) is 48.5 Å². The third kappa shape index (κ3) is 4.90. The maximum absolute atomic E-state index is 11.3. The first kappa shape index (κ1) is 20.6. The van der Waals surface area contributed by atoms with Gasteiger partial charge in [0.2, 0.25) is 0 Å². The van der Waals surface area contributed by atoms with Crippen molar-refractivity contribution in [2.24, 2.45) is 0 Å². The molecule has 1 aliphatic heterocycles. The Balaban J connectivity index is 1.45. The summed E-state index contributed by atoms with van der Waals surface area (Å²) in [6, 6.07) is 28.7. The van der Waals surface area contributed by atoms with Gasteiger partial charge in [0.25, 0.3) is 0 Å². The van der Waals surface area contributed by atoms with Crippen molar-refractivity contribution in [3.05, 3.63) is 102 Å². The Morgan fingerprint density at radius 2 is 1.33 bits per heavy atom. The van der Waals surface area contributed by atoms with Gasteiger partial charge in [-0.1, -0.05) is 72.8 Å². The van der Waals surface area contributed by atoms with E-state index in [-0.39, 0.29) is 6.04 Å². The fourth-order valence-corrected chi connectivity index (χ4v) is 4.26. The van der Waals surface area contributed by atoms with Gasteiger partial charge in [-0.25, -0.2) is 0 Å². The number of hydrogen-bond acceptors (Lipinski definition) is 4. The van der Waals surface area contributed by atoms with Crippen LogP contribution in [0.3, 0.4) is 0 Å². The Morgan fingerprint density at radius 3 is 1.90 bits per heavy atom. The highest BCUT2D eigenvalue weighted by Crippen LogP contribution is 2.34. The van der Waals surface area contributed by atoms with E-state index < -0.39 is 6.10 Å². The third-order valence-corrected chi connectivity index (χ3v) is 5.95. The van der Waals surface area contributed by atoms with Gasteiger partial charge in [0.1, 0.15) is 5.75 Å². The molecule has 0 unspecified atom stereocenters. The van der Waals surface area contributed by atoms with Crippen LogP contribution in [0.5, 0.6) is 5.75 Å². The van der Waals surface area contributed by atoms with Gasteiger partial charge >= 0.3 is 0 Å². The summed E-state index contributed by atoms with van der Waals surface area (Å²) in [6.45, 7) is 4.77. The van der Waals surface area contributed by atoms with Crippen molar-refractivity contribution < 1.29 is 9.84 Å². The van der Waals surface area contributed by atoms with Gasteiger partial charge in [-0.05, 0) is 28.8 Å². The van der Waals surface area contributed by atoms with E-state index in [2.05, 4.69) is 46.2 Å². The molecule has 1 heterocycles. The minimum absolute atomic E-state index is 0.0447. The second kappa shape index (κ2) is 9.90. The van der Waals surface area contributed by atoms with Crippen LogP contribution < -0.4 is 4.74 Å². The van der Waals surface area contributed by atoms with Crippen LogP contribution in [-0.2, 0) is 6.54 Å². The number of aliphatic hydroxyl groups excluding tert-OH is 1. The van der Waals surface area contributed by atoms with Gasteiger partial charge in [0.05, 0.1) is 19.3 Å². The molecule has 4 heteroatoms. The summed E-state index contributed by atoms with van der Waals surface area (Å²) in [4.78, 5) is 4.91. The molecule has 0 radical (unpaired) electrons. The molecule has 4 rings (SSSR count). The minimum atomic E-state index is -0.554. The van der Waals surface area contributed by atoms with Crippen molar-refractivity contribution in [2.45, 2.75) is 18.7 Å². The maximum atomic E-state index is 11.3.